The summed E-state index contributed by atoms with van der Waals surface area (Å²) in [5.74, 6) is -1.81. The Bertz CT molecular complexity index is 832. The van der Waals surface area contributed by atoms with E-state index in [1.165, 1.54) is 6.07 Å². The SMILES string of the molecule is CCOC(=O)c1cc(Cl)c(Cl)c(CN2C(=O)C3=CC=CCC3C2=O)n1. The molecular formula is C17H14Cl2N2O4. The number of carbonyl (C=O) groups excluding carboxylic acids is 3. The van der Waals surface area contributed by atoms with Crippen molar-refractivity contribution in [1.29, 1.82) is 0 Å². The van der Waals surface area contributed by atoms with Crippen molar-refractivity contribution in [1.82, 2.24) is 9.88 Å². The first-order valence-corrected chi connectivity index (χ1v) is 8.44. The third-order valence-corrected chi connectivity index (χ3v) is 4.81. The van der Waals surface area contributed by atoms with Crippen LogP contribution < -0.4 is 0 Å². The van der Waals surface area contributed by atoms with Crippen LogP contribution in [-0.2, 0) is 20.9 Å². The number of esters is 1. The zero-order valence-electron chi connectivity index (χ0n) is 13.3. The van der Waals surface area contributed by atoms with Crippen molar-refractivity contribution in [2.75, 3.05) is 6.61 Å². The maximum absolute atomic E-state index is 12.5. The molecule has 6 nitrogen and oxygen atoms in total. The molecule has 0 radical (unpaired) electrons. The van der Waals surface area contributed by atoms with Gasteiger partial charge in [-0.25, -0.2) is 9.78 Å². The Morgan fingerprint density at radius 1 is 1.40 bits per heavy atom. The number of amides is 2. The summed E-state index contributed by atoms with van der Waals surface area (Å²) in [6.45, 7) is 1.70. The average Bonchev–Trinajstić information content (AvgIpc) is 2.84. The molecule has 0 saturated carbocycles. The Morgan fingerprint density at radius 2 is 2.16 bits per heavy atom. The molecule has 1 saturated heterocycles. The van der Waals surface area contributed by atoms with Gasteiger partial charge >= 0.3 is 5.97 Å². The minimum Gasteiger partial charge on any atom is -0.461 e. The number of rotatable bonds is 4. The lowest BCUT2D eigenvalue weighted by atomic mass is 9.94. The first-order valence-electron chi connectivity index (χ1n) is 7.68. The first-order chi connectivity index (χ1) is 11.9. The van der Waals surface area contributed by atoms with Crippen LogP contribution in [0.25, 0.3) is 0 Å². The Kier molecular flexibility index (Phi) is 4.92. The molecule has 1 aliphatic carbocycles. The molecule has 0 N–H and O–H groups in total. The molecule has 1 unspecified atom stereocenters. The summed E-state index contributed by atoms with van der Waals surface area (Å²) in [5.41, 5.74) is 0.603. The first kappa shape index (κ1) is 17.6. The fraction of sp³-hybridized carbons (Fsp3) is 0.294. The average molecular weight is 381 g/mol. The third-order valence-electron chi connectivity index (χ3n) is 3.99. The predicted octanol–water partition coefficient (Wildman–Crippen LogP) is 2.94. The van der Waals surface area contributed by atoms with Crippen molar-refractivity contribution in [3.05, 3.63) is 51.3 Å². The number of ether oxygens (including phenoxy) is 1. The highest BCUT2D eigenvalue weighted by Crippen LogP contribution is 2.34. The van der Waals surface area contributed by atoms with Crippen LogP contribution in [0.2, 0.25) is 10.0 Å². The number of carbonyl (C=O) groups is 3. The number of pyridine rings is 1. The summed E-state index contributed by atoms with van der Waals surface area (Å²) >= 11 is 12.2. The number of nitrogens with zero attached hydrogens (tertiary/aromatic N) is 2. The van der Waals surface area contributed by atoms with Gasteiger partial charge in [0.2, 0.25) is 5.91 Å². The van der Waals surface area contributed by atoms with Gasteiger partial charge in [0.25, 0.3) is 5.91 Å². The molecule has 1 aromatic rings. The zero-order valence-corrected chi connectivity index (χ0v) is 14.8. The van der Waals surface area contributed by atoms with E-state index in [4.69, 9.17) is 27.9 Å². The minimum atomic E-state index is -0.651. The van der Waals surface area contributed by atoms with Crippen LogP contribution in [0.15, 0.2) is 29.9 Å². The third kappa shape index (κ3) is 3.19. The number of fused-ring (bicyclic) bond motifs is 1. The second-order valence-electron chi connectivity index (χ2n) is 5.54. The highest BCUT2D eigenvalue weighted by molar-refractivity contribution is 6.42. The monoisotopic (exact) mass is 380 g/mol. The van der Waals surface area contributed by atoms with Gasteiger partial charge in [0, 0.05) is 5.57 Å². The van der Waals surface area contributed by atoms with Gasteiger partial charge in [0.15, 0.2) is 0 Å². The Labute approximate surface area is 154 Å². The van der Waals surface area contributed by atoms with Gasteiger partial charge in [-0.05, 0) is 19.4 Å². The topological polar surface area (TPSA) is 76.6 Å². The number of hydrogen-bond donors (Lipinski definition) is 0. The van der Waals surface area contributed by atoms with Crippen LogP contribution >= 0.6 is 23.2 Å². The number of hydrogen-bond acceptors (Lipinski definition) is 5. The van der Waals surface area contributed by atoms with E-state index in [1.54, 1.807) is 19.1 Å². The number of likely N-dealkylation sites (tertiary alicyclic amines) is 1. The highest BCUT2D eigenvalue weighted by atomic mass is 35.5. The summed E-state index contributed by atoms with van der Waals surface area (Å²) in [6.07, 6.45) is 5.72. The Morgan fingerprint density at radius 3 is 2.84 bits per heavy atom. The second kappa shape index (κ2) is 6.98. The maximum Gasteiger partial charge on any atom is 0.356 e. The maximum atomic E-state index is 12.5. The lowest BCUT2D eigenvalue weighted by Gasteiger charge is -2.15. The lowest BCUT2D eigenvalue weighted by molar-refractivity contribution is -0.139. The largest absolute Gasteiger partial charge is 0.461 e. The van der Waals surface area contributed by atoms with E-state index in [9.17, 15) is 14.4 Å². The minimum absolute atomic E-state index is 0.0244. The van der Waals surface area contributed by atoms with Gasteiger partial charge in [0.1, 0.15) is 5.69 Å². The molecule has 2 amide bonds. The van der Waals surface area contributed by atoms with Crippen molar-refractivity contribution < 1.29 is 19.1 Å². The van der Waals surface area contributed by atoms with Crippen LogP contribution in [0.1, 0.15) is 29.5 Å². The van der Waals surface area contributed by atoms with E-state index in [-0.39, 0.29) is 46.4 Å². The fourth-order valence-electron chi connectivity index (χ4n) is 2.79. The molecule has 130 valence electrons. The smallest absolute Gasteiger partial charge is 0.356 e. The molecule has 1 atom stereocenters. The van der Waals surface area contributed by atoms with Gasteiger partial charge < -0.3 is 4.74 Å². The molecule has 3 rings (SSSR count). The van der Waals surface area contributed by atoms with Crippen LogP contribution in [0.4, 0.5) is 0 Å². The highest BCUT2D eigenvalue weighted by Gasteiger charge is 2.43. The van der Waals surface area contributed by atoms with E-state index >= 15 is 0 Å². The number of imide groups is 1. The van der Waals surface area contributed by atoms with Crippen LogP contribution in [-0.4, -0.2) is 34.3 Å². The summed E-state index contributed by atoms with van der Waals surface area (Å²) < 4.78 is 4.90. The zero-order chi connectivity index (χ0) is 18.1. The van der Waals surface area contributed by atoms with Crippen molar-refractivity contribution in [2.24, 2.45) is 5.92 Å². The molecule has 0 bridgehead atoms. The van der Waals surface area contributed by atoms with Crippen molar-refractivity contribution in [2.45, 2.75) is 19.9 Å². The number of aromatic nitrogens is 1. The van der Waals surface area contributed by atoms with Gasteiger partial charge in [0.05, 0.1) is 34.8 Å². The van der Waals surface area contributed by atoms with Crippen molar-refractivity contribution in [3.63, 3.8) is 0 Å². The summed E-state index contributed by atoms with van der Waals surface area (Å²) in [5, 5.41) is 0.199. The van der Waals surface area contributed by atoms with Gasteiger partial charge in [-0.1, -0.05) is 41.4 Å². The molecular weight excluding hydrogens is 367 g/mol. The summed E-state index contributed by atoms with van der Waals surface area (Å²) in [6, 6.07) is 1.30. The number of halogens is 2. The Balaban J connectivity index is 1.91. The van der Waals surface area contributed by atoms with Crippen molar-refractivity contribution >= 4 is 41.0 Å². The van der Waals surface area contributed by atoms with E-state index in [2.05, 4.69) is 4.98 Å². The van der Waals surface area contributed by atoms with Crippen LogP contribution in [0, 0.1) is 5.92 Å². The van der Waals surface area contributed by atoms with Gasteiger partial charge in [-0.15, -0.1) is 0 Å². The summed E-state index contributed by atoms with van der Waals surface area (Å²) in [4.78, 5) is 42.1. The van der Waals surface area contributed by atoms with Gasteiger partial charge in [-0.3, -0.25) is 14.5 Å². The van der Waals surface area contributed by atoms with E-state index < -0.39 is 11.9 Å². The molecule has 25 heavy (non-hydrogen) atoms. The lowest BCUT2D eigenvalue weighted by Crippen LogP contribution is -2.31. The van der Waals surface area contributed by atoms with E-state index in [1.807, 2.05) is 6.08 Å². The molecule has 2 heterocycles. The fourth-order valence-corrected chi connectivity index (χ4v) is 3.16. The standard InChI is InChI=1S/C17H14Cl2N2O4/c1-2-25-17(24)12-7-11(18)14(19)13(20-12)8-21-15(22)9-5-3-4-6-10(9)16(21)23/h3-5,7,10H,2,6,8H2,1H3. The number of allylic oxidation sites excluding steroid dienone is 3. The quantitative estimate of drug-likeness (QED) is 0.592. The molecule has 8 heteroatoms. The normalized spacial score (nSPS) is 19.1. The van der Waals surface area contributed by atoms with Crippen molar-refractivity contribution in [3.8, 4) is 0 Å². The van der Waals surface area contributed by atoms with Gasteiger partial charge in [-0.2, -0.15) is 0 Å². The predicted molar refractivity (Wildman–Crippen MR) is 91.1 cm³/mol. The summed E-state index contributed by atoms with van der Waals surface area (Å²) in [7, 11) is 0. The Hall–Kier alpha value is -2.18. The molecule has 1 aromatic heterocycles. The molecule has 1 aliphatic heterocycles. The van der Waals surface area contributed by atoms with Crippen LogP contribution in [0.5, 0.6) is 0 Å². The van der Waals surface area contributed by atoms with E-state index in [0.717, 1.165) is 4.90 Å². The molecule has 2 aliphatic rings. The van der Waals surface area contributed by atoms with E-state index in [0.29, 0.717) is 12.0 Å². The molecule has 1 fully saturated rings. The molecule has 0 aromatic carbocycles. The van der Waals surface area contributed by atoms with Crippen LogP contribution in [0.3, 0.4) is 0 Å². The second-order valence-corrected chi connectivity index (χ2v) is 6.32. The molecule has 0 spiro atoms.